The molecule has 0 bridgehead atoms. The van der Waals surface area contributed by atoms with Gasteiger partial charge in [-0.05, 0) is 42.8 Å². The van der Waals surface area contributed by atoms with Crippen LogP contribution in [-0.2, 0) is 0 Å². The zero-order valence-electron chi connectivity index (χ0n) is 16.5. The fourth-order valence-corrected chi connectivity index (χ4v) is 3.88. The second-order valence-electron chi connectivity index (χ2n) is 7.38. The highest BCUT2D eigenvalue weighted by Gasteiger charge is 2.28. The van der Waals surface area contributed by atoms with Gasteiger partial charge in [0.1, 0.15) is 17.7 Å². The minimum Gasteiger partial charge on any atom is -0.336 e. The summed E-state index contributed by atoms with van der Waals surface area (Å²) in [7, 11) is 0. The van der Waals surface area contributed by atoms with Crippen molar-refractivity contribution in [3.05, 3.63) is 77.0 Å². The van der Waals surface area contributed by atoms with Gasteiger partial charge in [-0.2, -0.15) is 5.26 Å². The maximum Gasteiger partial charge on any atom is 0.254 e. The fourth-order valence-electron chi connectivity index (χ4n) is 3.88. The van der Waals surface area contributed by atoms with Crippen molar-refractivity contribution in [1.29, 1.82) is 5.26 Å². The zero-order chi connectivity index (χ0) is 21.3. The van der Waals surface area contributed by atoms with Crippen LogP contribution in [-0.4, -0.2) is 46.9 Å². The van der Waals surface area contributed by atoms with E-state index in [2.05, 4.69) is 11.1 Å². The van der Waals surface area contributed by atoms with Crippen molar-refractivity contribution in [3.8, 4) is 6.07 Å². The molecule has 3 aromatic rings. The standard InChI is InChI=1S/C23H20F2N4O/c1-15-12-20(19-7-6-18(25)13-21(19)27-15)23(30)29-10-8-28(9-11-29)22(14-26)16-2-4-17(24)5-3-16/h2-7,12-13,22H,8-11H2,1H3/t22-/m1/s1. The molecule has 1 aliphatic heterocycles. The third-order valence-corrected chi connectivity index (χ3v) is 5.41. The van der Waals surface area contributed by atoms with E-state index in [-0.39, 0.29) is 11.7 Å². The lowest BCUT2D eigenvalue weighted by atomic mass is 10.0. The van der Waals surface area contributed by atoms with Crippen molar-refractivity contribution in [3.63, 3.8) is 0 Å². The maximum atomic E-state index is 13.6. The maximum absolute atomic E-state index is 13.6. The molecule has 1 saturated heterocycles. The van der Waals surface area contributed by atoms with Crippen molar-refractivity contribution in [2.45, 2.75) is 13.0 Å². The van der Waals surface area contributed by atoms with Crippen LogP contribution in [0.4, 0.5) is 8.78 Å². The molecule has 1 amide bonds. The van der Waals surface area contributed by atoms with Crippen molar-refractivity contribution >= 4 is 16.8 Å². The first-order valence-corrected chi connectivity index (χ1v) is 9.71. The molecular weight excluding hydrogens is 386 g/mol. The number of piperazine rings is 1. The van der Waals surface area contributed by atoms with Crippen molar-refractivity contribution in [2.75, 3.05) is 26.2 Å². The quantitative estimate of drug-likeness (QED) is 0.663. The van der Waals surface area contributed by atoms with E-state index in [1.54, 1.807) is 36.1 Å². The molecule has 1 atom stereocenters. The molecule has 7 heteroatoms. The van der Waals surface area contributed by atoms with E-state index in [1.165, 1.54) is 24.3 Å². The van der Waals surface area contributed by atoms with Gasteiger partial charge in [-0.3, -0.25) is 14.7 Å². The summed E-state index contributed by atoms with van der Waals surface area (Å²) in [5.74, 6) is -0.867. The average Bonchev–Trinajstić information content (AvgIpc) is 2.74. The summed E-state index contributed by atoms with van der Waals surface area (Å²) in [5, 5.41) is 10.2. The highest BCUT2D eigenvalue weighted by atomic mass is 19.1. The van der Waals surface area contributed by atoms with E-state index in [1.807, 2.05) is 4.90 Å². The molecular formula is C23H20F2N4O. The molecule has 152 valence electrons. The monoisotopic (exact) mass is 406 g/mol. The Balaban J connectivity index is 1.52. The molecule has 4 rings (SSSR count). The minimum absolute atomic E-state index is 0.132. The van der Waals surface area contributed by atoms with Crippen LogP contribution in [0.2, 0.25) is 0 Å². The Kier molecular flexibility index (Phi) is 5.42. The first-order valence-electron chi connectivity index (χ1n) is 9.71. The number of pyridine rings is 1. The van der Waals surface area contributed by atoms with E-state index in [0.717, 1.165) is 5.56 Å². The molecule has 2 aromatic carbocycles. The summed E-state index contributed by atoms with van der Waals surface area (Å²) < 4.78 is 26.8. The molecule has 1 fully saturated rings. The first kappa shape index (κ1) is 19.9. The van der Waals surface area contributed by atoms with Gasteiger partial charge in [-0.25, -0.2) is 8.78 Å². The number of hydrogen-bond donors (Lipinski definition) is 0. The van der Waals surface area contributed by atoms with E-state index in [0.29, 0.717) is 48.3 Å². The lowest BCUT2D eigenvalue weighted by molar-refractivity contribution is 0.0608. The third-order valence-electron chi connectivity index (χ3n) is 5.41. The van der Waals surface area contributed by atoms with Gasteiger partial charge in [0.05, 0.1) is 17.1 Å². The number of carbonyl (C=O) groups excluding carboxylic acids is 1. The predicted octanol–water partition coefficient (Wildman–Crippen LogP) is 3.84. The first-order chi connectivity index (χ1) is 14.5. The Morgan fingerprint density at radius 3 is 2.37 bits per heavy atom. The van der Waals surface area contributed by atoms with Crippen molar-refractivity contribution < 1.29 is 13.6 Å². The average molecular weight is 406 g/mol. The number of halogens is 2. The number of rotatable bonds is 3. The number of hydrogen-bond acceptors (Lipinski definition) is 4. The van der Waals surface area contributed by atoms with Gasteiger partial charge in [0.2, 0.25) is 0 Å². The van der Waals surface area contributed by atoms with Crippen LogP contribution in [0.3, 0.4) is 0 Å². The molecule has 1 aromatic heterocycles. The van der Waals surface area contributed by atoms with Gasteiger partial charge in [-0.1, -0.05) is 12.1 Å². The molecule has 0 radical (unpaired) electrons. The Labute approximate surface area is 173 Å². The Morgan fingerprint density at radius 1 is 1.03 bits per heavy atom. The molecule has 0 spiro atoms. The van der Waals surface area contributed by atoms with E-state index in [4.69, 9.17) is 0 Å². The summed E-state index contributed by atoms with van der Waals surface area (Å²) in [6.45, 7) is 3.75. The Bertz CT molecular complexity index is 1130. The molecule has 0 aliphatic carbocycles. The topological polar surface area (TPSA) is 60.2 Å². The minimum atomic E-state index is -0.491. The van der Waals surface area contributed by atoms with Crippen LogP contribution in [0.25, 0.3) is 10.9 Å². The number of fused-ring (bicyclic) bond motifs is 1. The summed E-state index contributed by atoms with van der Waals surface area (Å²) in [6.07, 6.45) is 0. The zero-order valence-corrected chi connectivity index (χ0v) is 16.5. The number of nitriles is 1. The van der Waals surface area contributed by atoms with Crippen LogP contribution >= 0.6 is 0 Å². The summed E-state index contributed by atoms with van der Waals surface area (Å²) in [4.78, 5) is 21.2. The van der Waals surface area contributed by atoms with Crippen LogP contribution in [0.15, 0.2) is 48.5 Å². The normalized spacial score (nSPS) is 15.7. The van der Waals surface area contributed by atoms with Crippen LogP contribution in [0, 0.1) is 29.9 Å². The van der Waals surface area contributed by atoms with Crippen LogP contribution in [0.5, 0.6) is 0 Å². The molecule has 0 saturated carbocycles. The predicted molar refractivity (Wildman–Crippen MR) is 109 cm³/mol. The third kappa shape index (κ3) is 3.87. The van der Waals surface area contributed by atoms with Crippen LogP contribution in [0.1, 0.15) is 27.7 Å². The molecule has 5 nitrogen and oxygen atoms in total. The SMILES string of the molecule is Cc1cc(C(=O)N2CCN([C@H](C#N)c3ccc(F)cc3)CC2)c2ccc(F)cc2n1. The fraction of sp³-hybridized carbons (Fsp3) is 0.261. The van der Waals surface area contributed by atoms with Crippen molar-refractivity contribution in [1.82, 2.24) is 14.8 Å². The largest absolute Gasteiger partial charge is 0.336 e. The van der Waals surface area contributed by atoms with Crippen molar-refractivity contribution in [2.24, 2.45) is 0 Å². The van der Waals surface area contributed by atoms with E-state index in [9.17, 15) is 18.8 Å². The number of nitrogens with zero attached hydrogens (tertiary/aromatic N) is 4. The Hall–Kier alpha value is -3.37. The second-order valence-corrected chi connectivity index (χ2v) is 7.38. The highest BCUT2D eigenvalue weighted by Crippen LogP contribution is 2.25. The molecule has 1 aliphatic rings. The van der Waals surface area contributed by atoms with E-state index >= 15 is 0 Å². The summed E-state index contributed by atoms with van der Waals surface area (Å²) in [6, 6.07) is 13.7. The Morgan fingerprint density at radius 2 is 1.70 bits per heavy atom. The van der Waals surface area contributed by atoms with Gasteiger partial charge in [0, 0.05) is 43.3 Å². The smallest absolute Gasteiger partial charge is 0.254 e. The second kappa shape index (κ2) is 8.17. The number of aromatic nitrogens is 1. The van der Waals surface area contributed by atoms with Gasteiger partial charge in [0.25, 0.3) is 5.91 Å². The van der Waals surface area contributed by atoms with Gasteiger partial charge < -0.3 is 4.90 Å². The summed E-state index contributed by atoms with van der Waals surface area (Å²) >= 11 is 0. The lowest BCUT2D eigenvalue weighted by Gasteiger charge is -2.37. The highest BCUT2D eigenvalue weighted by molar-refractivity contribution is 6.06. The molecule has 0 N–H and O–H groups in total. The molecule has 30 heavy (non-hydrogen) atoms. The van der Waals surface area contributed by atoms with Gasteiger partial charge in [0.15, 0.2) is 0 Å². The van der Waals surface area contributed by atoms with E-state index < -0.39 is 11.9 Å². The van der Waals surface area contributed by atoms with Gasteiger partial charge >= 0.3 is 0 Å². The number of carbonyl (C=O) groups is 1. The molecule has 0 unspecified atom stereocenters. The number of benzene rings is 2. The summed E-state index contributed by atoms with van der Waals surface area (Å²) in [5.41, 5.74) is 2.34. The van der Waals surface area contributed by atoms with Gasteiger partial charge in [-0.15, -0.1) is 0 Å². The lowest BCUT2D eigenvalue weighted by Crippen LogP contribution is -2.49. The number of aryl methyl sites for hydroxylation is 1. The number of amides is 1. The molecule has 2 heterocycles. The van der Waals surface area contributed by atoms with Crippen LogP contribution < -0.4 is 0 Å².